The maximum atomic E-state index is 11.3. The molecule has 0 fully saturated rings. The first kappa shape index (κ1) is 15.2. The number of ketones is 1. The molecule has 102 valence electrons. The number of aromatic amines is 1. The number of aliphatic carboxylic acids is 1. The third kappa shape index (κ3) is 3.13. The zero-order valence-corrected chi connectivity index (χ0v) is 11.2. The standard InChI is InChI=1S/C13H14N2O3.ClH/c1-7(16)8-2-3-12-10(4-8)9(6-15-12)5-11(14)13(17)18;/h2-4,6,11,15H,5,14H2,1H3,(H,17,18);1H/t11-;/m0./s1. The van der Waals surface area contributed by atoms with Crippen LogP contribution in [0.4, 0.5) is 0 Å². The van der Waals surface area contributed by atoms with Crippen molar-refractivity contribution in [1.82, 2.24) is 4.98 Å². The average molecular weight is 283 g/mol. The summed E-state index contributed by atoms with van der Waals surface area (Å²) < 4.78 is 0. The first-order chi connectivity index (χ1) is 8.49. The fourth-order valence-corrected chi connectivity index (χ4v) is 1.89. The number of rotatable bonds is 4. The van der Waals surface area contributed by atoms with Crippen LogP contribution >= 0.6 is 12.4 Å². The molecular weight excluding hydrogens is 268 g/mol. The van der Waals surface area contributed by atoms with Crippen LogP contribution < -0.4 is 5.73 Å². The van der Waals surface area contributed by atoms with Crippen molar-refractivity contribution in [1.29, 1.82) is 0 Å². The Kier molecular flexibility index (Phi) is 4.69. The number of aromatic nitrogens is 1. The summed E-state index contributed by atoms with van der Waals surface area (Å²) in [7, 11) is 0. The normalized spacial score (nSPS) is 11.9. The first-order valence-electron chi connectivity index (χ1n) is 5.58. The maximum absolute atomic E-state index is 11.3. The van der Waals surface area contributed by atoms with Gasteiger partial charge in [0, 0.05) is 29.1 Å². The predicted molar refractivity (Wildman–Crippen MR) is 74.9 cm³/mol. The second-order valence-electron chi connectivity index (χ2n) is 4.28. The Morgan fingerprint density at radius 1 is 1.42 bits per heavy atom. The van der Waals surface area contributed by atoms with Crippen LogP contribution in [-0.4, -0.2) is 27.9 Å². The Morgan fingerprint density at radius 2 is 2.11 bits per heavy atom. The van der Waals surface area contributed by atoms with Crippen LogP contribution in [0.15, 0.2) is 24.4 Å². The largest absolute Gasteiger partial charge is 0.480 e. The summed E-state index contributed by atoms with van der Waals surface area (Å²) in [5.41, 5.74) is 7.80. The molecule has 0 aliphatic rings. The summed E-state index contributed by atoms with van der Waals surface area (Å²) in [5, 5.41) is 9.65. The molecule has 5 nitrogen and oxygen atoms in total. The van der Waals surface area contributed by atoms with Gasteiger partial charge in [0.05, 0.1) is 0 Å². The van der Waals surface area contributed by atoms with Gasteiger partial charge in [-0.2, -0.15) is 0 Å². The quantitative estimate of drug-likeness (QED) is 0.744. The van der Waals surface area contributed by atoms with Crippen LogP contribution in [0, 0.1) is 0 Å². The summed E-state index contributed by atoms with van der Waals surface area (Å²) in [6.07, 6.45) is 1.97. The fourth-order valence-electron chi connectivity index (χ4n) is 1.89. The van der Waals surface area contributed by atoms with Gasteiger partial charge in [-0.3, -0.25) is 9.59 Å². The minimum atomic E-state index is -1.04. The molecule has 1 aromatic heterocycles. The topological polar surface area (TPSA) is 96.2 Å². The van der Waals surface area contributed by atoms with Gasteiger partial charge in [0.25, 0.3) is 0 Å². The molecule has 0 aliphatic carbocycles. The monoisotopic (exact) mass is 282 g/mol. The molecule has 0 bridgehead atoms. The molecule has 0 amide bonds. The highest BCUT2D eigenvalue weighted by atomic mass is 35.5. The smallest absolute Gasteiger partial charge is 0.320 e. The summed E-state index contributed by atoms with van der Waals surface area (Å²) in [5.74, 6) is -1.06. The van der Waals surface area contributed by atoms with Crippen LogP contribution in [0.1, 0.15) is 22.8 Å². The number of hydrogen-bond donors (Lipinski definition) is 3. The lowest BCUT2D eigenvalue weighted by Gasteiger charge is -2.05. The zero-order chi connectivity index (χ0) is 13.3. The molecule has 0 aliphatic heterocycles. The number of benzene rings is 1. The highest BCUT2D eigenvalue weighted by molar-refractivity contribution is 5.98. The number of halogens is 1. The van der Waals surface area contributed by atoms with Gasteiger partial charge < -0.3 is 15.8 Å². The molecule has 19 heavy (non-hydrogen) atoms. The van der Waals surface area contributed by atoms with Gasteiger partial charge in [0.1, 0.15) is 6.04 Å². The average Bonchev–Trinajstić information content (AvgIpc) is 2.71. The molecule has 6 heteroatoms. The number of carboxylic acids is 1. The number of nitrogens with one attached hydrogen (secondary N) is 1. The van der Waals surface area contributed by atoms with Crippen molar-refractivity contribution in [3.8, 4) is 0 Å². The van der Waals surface area contributed by atoms with Gasteiger partial charge in [-0.1, -0.05) is 0 Å². The third-order valence-corrected chi connectivity index (χ3v) is 2.93. The van der Waals surface area contributed by atoms with Crippen molar-refractivity contribution in [3.05, 3.63) is 35.5 Å². The van der Waals surface area contributed by atoms with Crippen LogP contribution in [0.25, 0.3) is 10.9 Å². The van der Waals surface area contributed by atoms with Crippen LogP contribution in [0.3, 0.4) is 0 Å². The fraction of sp³-hybridized carbons (Fsp3) is 0.231. The van der Waals surface area contributed by atoms with Crippen LogP contribution in [-0.2, 0) is 11.2 Å². The third-order valence-electron chi connectivity index (χ3n) is 2.93. The number of H-pyrrole nitrogens is 1. The molecule has 0 radical (unpaired) electrons. The Balaban J connectivity index is 0.00000180. The second kappa shape index (κ2) is 5.86. The van der Waals surface area contributed by atoms with E-state index >= 15 is 0 Å². The molecule has 1 aromatic carbocycles. The molecule has 1 atom stereocenters. The Hall–Kier alpha value is -1.85. The van der Waals surface area contributed by atoms with E-state index in [1.54, 1.807) is 18.3 Å². The van der Waals surface area contributed by atoms with Gasteiger partial charge in [-0.15, -0.1) is 12.4 Å². The van der Waals surface area contributed by atoms with Crippen molar-refractivity contribution in [3.63, 3.8) is 0 Å². The summed E-state index contributed by atoms with van der Waals surface area (Å²) in [4.78, 5) is 25.1. The van der Waals surface area contributed by atoms with E-state index in [9.17, 15) is 9.59 Å². The van der Waals surface area contributed by atoms with Crippen molar-refractivity contribution >= 4 is 35.1 Å². The summed E-state index contributed by atoms with van der Waals surface area (Å²) in [6, 6.07) is 4.37. The number of carboxylic acid groups (broad SMARTS) is 1. The molecule has 4 N–H and O–H groups in total. The number of nitrogens with two attached hydrogens (primary N) is 1. The van der Waals surface area contributed by atoms with E-state index in [4.69, 9.17) is 10.8 Å². The summed E-state index contributed by atoms with van der Waals surface area (Å²) in [6.45, 7) is 1.50. The SMILES string of the molecule is CC(=O)c1ccc2[nH]cc(C[C@H](N)C(=O)O)c2c1.Cl. The lowest BCUT2D eigenvalue weighted by Crippen LogP contribution is -2.32. The number of fused-ring (bicyclic) bond motifs is 1. The molecule has 0 saturated carbocycles. The lowest BCUT2D eigenvalue weighted by atomic mass is 10.0. The molecule has 1 heterocycles. The Morgan fingerprint density at radius 3 is 2.68 bits per heavy atom. The van der Waals surface area contributed by atoms with Gasteiger partial charge in [-0.05, 0) is 30.7 Å². The molecule has 0 unspecified atom stereocenters. The highest BCUT2D eigenvalue weighted by Gasteiger charge is 2.15. The summed E-state index contributed by atoms with van der Waals surface area (Å²) >= 11 is 0. The number of Topliss-reactive ketones (excluding diaryl/α,β-unsaturated/α-hetero) is 1. The van der Waals surface area contributed by atoms with E-state index in [1.165, 1.54) is 6.92 Å². The Labute approximate surface area is 116 Å². The first-order valence-corrected chi connectivity index (χ1v) is 5.58. The van der Waals surface area contributed by atoms with Crippen molar-refractivity contribution < 1.29 is 14.7 Å². The number of carbonyl (C=O) groups excluding carboxylic acids is 1. The minimum Gasteiger partial charge on any atom is -0.480 e. The van der Waals surface area contributed by atoms with E-state index in [-0.39, 0.29) is 24.6 Å². The van der Waals surface area contributed by atoms with Crippen molar-refractivity contribution in [2.75, 3.05) is 0 Å². The van der Waals surface area contributed by atoms with E-state index in [1.807, 2.05) is 6.07 Å². The Bertz CT molecular complexity index is 621. The lowest BCUT2D eigenvalue weighted by molar-refractivity contribution is -0.138. The van der Waals surface area contributed by atoms with Crippen molar-refractivity contribution in [2.24, 2.45) is 5.73 Å². The van der Waals surface area contributed by atoms with Gasteiger partial charge in [-0.25, -0.2) is 0 Å². The molecular formula is C13H15ClN2O3. The number of carbonyl (C=O) groups is 2. The van der Waals surface area contributed by atoms with Crippen LogP contribution in [0.5, 0.6) is 0 Å². The van der Waals surface area contributed by atoms with E-state index < -0.39 is 12.0 Å². The van der Waals surface area contributed by atoms with Gasteiger partial charge >= 0.3 is 5.97 Å². The molecule has 2 rings (SSSR count). The van der Waals surface area contributed by atoms with Crippen LogP contribution in [0.2, 0.25) is 0 Å². The second-order valence-corrected chi connectivity index (χ2v) is 4.28. The van der Waals surface area contributed by atoms with Gasteiger partial charge in [0.15, 0.2) is 5.78 Å². The minimum absolute atomic E-state index is 0. The van der Waals surface area contributed by atoms with E-state index in [2.05, 4.69) is 4.98 Å². The maximum Gasteiger partial charge on any atom is 0.320 e. The van der Waals surface area contributed by atoms with Crippen molar-refractivity contribution in [2.45, 2.75) is 19.4 Å². The number of hydrogen-bond acceptors (Lipinski definition) is 3. The van der Waals surface area contributed by atoms with Gasteiger partial charge in [0.2, 0.25) is 0 Å². The van der Waals surface area contributed by atoms with E-state index in [0.717, 1.165) is 16.5 Å². The molecule has 2 aromatic rings. The molecule has 0 saturated heterocycles. The highest BCUT2D eigenvalue weighted by Crippen LogP contribution is 2.21. The van der Waals surface area contributed by atoms with E-state index in [0.29, 0.717) is 5.56 Å². The predicted octanol–water partition coefficient (Wildman–Crippen LogP) is 1.75. The molecule has 0 spiro atoms. The zero-order valence-electron chi connectivity index (χ0n) is 10.3.